The van der Waals surface area contributed by atoms with E-state index in [4.69, 9.17) is 22.9 Å². The van der Waals surface area contributed by atoms with Gasteiger partial charge in [-0.3, -0.25) is 24.2 Å². The topological polar surface area (TPSA) is 221 Å². The minimum atomic E-state index is -0.912. The Morgan fingerprint density at radius 3 is 2.05 bits per heavy atom. The molecule has 2 aliphatic carbocycles. The van der Waals surface area contributed by atoms with Crippen LogP contribution in [-0.2, 0) is 19.2 Å². The standard InChI is InChI=1S/C25H46N8O4/c26-18(14-16-8-3-1-4-9-16)23(36)33-21(17-10-5-2-6-11-17)24(37)31-15-20(34)32-19(22(27)35)12-7-13-30-25(28)29/h16-19,21H,1-15,26H2,(H2,27,35)(H,31,37)(H,32,34)(H,33,36)(H4,28,29,30)/t18?,19-,21?/m0/s1. The van der Waals surface area contributed by atoms with Crippen LogP contribution >= 0.6 is 0 Å². The Balaban J connectivity index is 1.90. The lowest BCUT2D eigenvalue weighted by atomic mass is 9.82. The number of primary amides is 1. The van der Waals surface area contributed by atoms with Crippen LogP contribution in [0.5, 0.6) is 0 Å². The van der Waals surface area contributed by atoms with Crippen molar-refractivity contribution in [3.05, 3.63) is 0 Å². The number of guanidine groups is 1. The fraction of sp³-hybridized carbons (Fsp3) is 0.800. The van der Waals surface area contributed by atoms with Crippen LogP contribution in [0.2, 0.25) is 0 Å². The second kappa shape index (κ2) is 16.1. The fourth-order valence-electron chi connectivity index (χ4n) is 5.33. The molecule has 0 heterocycles. The molecule has 12 heteroatoms. The SMILES string of the molecule is NC(=O)[C@H](CCCN=C(N)N)NC(=O)CNC(=O)C(NC(=O)C(N)CC1CCCCC1)C1CCCCC1. The second-order valence-corrected chi connectivity index (χ2v) is 10.4. The van der Waals surface area contributed by atoms with E-state index in [1.807, 2.05) is 0 Å². The molecule has 2 unspecified atom stereocenters. The summed E-state index contributed by atoms with van der Waals surface area (Å²) in [5.74, 6) is -1.63. The largest absolute Gasteiger partial charge is 0.370 e. The van der Waals surface area contributed by atoms with Gasteiger partial charge in [0.05, 0.1) is 12.6 Å². The quantitative estimate of drug-likeness (QED) is 0.0898. The monoisotopic (exact) mass is 522 g/mol. The molecule has 3 atom stereocenters. The number of aliphatic imine (C=N–C) groups is 1. The van der Waals surface area contributed by atoms with E-state index in [1.165, 1.54) is 19.3 Å². The third-order valence-electron chi connectivity index (χ3n) is 7.40. The minimum Gasteiger partial charge on any atom is -0.370 e. The van der Waals surface area contributed by atoms with Crippen LogP contribution in [0.1, 0.15) is 83.5 Å². The number of hydrogen-bond acceptors (Lipinski definition) is 6. The lowest BCUT2D eigenvalue weighted by Gasteiger charge is -2.31. The summed E-state index contributed by atoms with van der Waals surface area (Å²) in [5.41, 5.74) is 22.2. The van der Waals surface area contributed by atoms with Crippen molar-refractivity contribution in [3.8, 4) is 0 Å². The Hall–Kier alpha value is -2.89. The summed E-state index contributed by atoms with van der Waals surface area (Å²) in [4.78, 5) is 54.0. The number of nitrogens with one attached hydrogen (secondary N) is 3. The smallest absolute Gasteiger partial charge is 0.243 e. The van der Waals surface area contributed by atoms with Crippen LogP contribution < -0.4 is 38.9 Å². The number of amides is 4. The molecule has 2 aliphatic rings. The molecule has 0 aromatic carbocycles. The second-order valence-electron chi connectivity index (χ2n) is 10.4. The Morgan fingerprint density at radius 1 is 0.838 bits per heavy atom. The van der Waals surface area contributed by atoms with Gasteiger partial charge in [-0.1, -0.05) is 51.4 Å². The van der Waals surface area contributed by atoms with Crippen molar-refractivity contribution in [2.75, 3.05) is 13.1 Å². The zero-order valence-corrected chi connectivity index (χ0v) is 21.9. The van der Waals surface area contributed by atoms with Crippen LogP contribution in [0, 0.1) is 11.8 Å². The molecule has 0 spiro atoms. The van der Waals surface area contributed by atoms with E-state index >= 15 is 0 Å². The van der Waals surface area contributed by atoms with Crippen LogP contribution in [-0.4, -0.2) is 60.8 Å². The molecule has 0 aromatic heterocycles. The Morgan fingerprint density at radius 2 is 1.46 bits per heavy atom. The molecule has 0 aliphatic heterocycles. The van der Waals surface area contributed by atoms with Gasteiger partial charge in [0.15, 0.2) is 5.96 Å². The first kappa shape index (κ1) is 30.3. The normalized spacial score (nSPS) is 19.2. The fourth-order valence-corrected chi connectivity index (χ4v) is 5.33. The Kier molecular flexibility index (Phi) is 13.2. The third-order valence-corrected chi connectivity index (χ3v) is 7.40. The summed E-state index contributed by atoms with van der Waals surface area (Å²) in [7, 11) is 0. The van der Waals surface area contributed by atoms with E-state index in [2.05, 4.69) is 20.9 Å². The first-order valence-corrected chi connectivity index (χ1v) is 13.6. The lowest BCUT2D eigenvalue weighted by molar-refractivity contribution is -0.133. The number of carbonyl (C=O) groups is 4. The molecule has 2 fully saturated rings. The number of hydrogen-bond donors (Lipinski definition) is 7. The molecule has 4 amide bonds. The molecule has 0 aromatic rings. The van der Waals surface area contributed by atoms with Gasteiger partial charge in [-0.05, 0) is 43.9 Å². The molecular weight excluding hydrogens is 476 g/mol. The maximum absolute atomic E-state index is 13.1. The van der Waals surface area contributed by atoms with Crippen molar-refractivity contribution in [1.82, 2.24) is 16.0 Å². The maximum Gasteiger partial charge on any atom is 0.243 e. The summed E-state index contributed by atoms with van der Waals surface area (Å²) >= 11 is 0. The molecule has 0 bridgehead atoms. The summed E-state index contributed by atoms with van der Waals surface area (Å²) in [6.45, 7) is -0.0475. The molecule has 12 nitrogen and oxygen atoms in total. The predicted molar refractivity (Wildman–Crippen MR) is 142 cm³/mol. The highest BCUT2D eigenvalue weighted by molar-refractivity contribution is 5.93. The minimum absolute atomic E-state index is 0.0171. The predicted octanol–water partition coefficient (Wildman–Crippen LogP) is -0.511. The van der Waals surface area contributed by atoms with Crippen molar-refractivity contribution in [2.45, 2.75) is 102 Å². The number of rotatable bonds is 14. The summed E-state index contributed by atoms with van der Waals surface area (Å²) in [5, 5.41) is 8.04. The van der Waals surface area contributed by atoms with Crippen molar-refractivity contribution < 1.29 is 19.2 Å². The number of nitrogens with zero attached hydrogens (tertiary/aromatic N) is 1. The number of nitrogens with two attached hydrogens (primary N) is 4. The Bertz CT molecular complexity index is 790. The van der Waals surface area contributed by atoms with E-state index in [1.54, 1.807) is 0 Å². The number of carbonyl (C=O) groups excluding carboxylic acids is 4. The van der Waals surface area contributed by atoms with Crippen molar-refractivity contribution in [3.63, 3.8) is 0 Å². The van der Waals surface area contributed by atoms with Gasteiger partial charge in [0.2, 0.25) is 23.6 Å². The highest BCUT2D eigenvalue weighted by Crippen LogP contribution is 2.28. The summed E-state index contributed by atoms with van der Waals surface area (Å²) in [6.07, 6.45) is 11.8. The van der Waals surface area contributed by atoms with Gasteiger partial charge in [-0.25, -0.2) is 0 Å². The van der Waals surface area contributed by atoms with Gasteiger partial charge in [0.25, 0.3) is 0 Å². The van der Waals surface area contributed by atoms with Crippen molar-refractivity contribution >= 4 is 29.6 Å². The molecule has 0 radical (unpaired) electrons. The highest BCUT2D eigenvalue weighted by atomic mass is 16.2. The van der Waals surface area contributed by atoms with Crippen LogP contribution in [0.15, 0.2) is 4.99 Å². The third kappa shape index (κ3) is 11.4. The Labute approximate surface area is 219 Å². The van der Waals surface area contributed by atoms with Crippen molar-refractivity contribution in [2.24, 2.45) is 39.8 Å². The van der Waals surface area contributed by atoms with E-state index in [0.29, 0.717) is 25.3 Å². The summed E-state index contributed by atoms with van der Waals surface area (Å²) < 4.78 is 0. The van der Waals surface area contributed by atoms with Gasteiger partial charge in [0, 0.05) is 6.54 Å². The van der Waals surface area contributed by atoms with E-state index in [0.717, 1.165) is 44.9 Å². The van der Waals surface area contributed by atoms with Gasteiger partial charge in [-0.15, -0.1) is 0 Å². The molecule has 0 saturated heterocycles. The van der Waals surface area contributed by atoms with Gasteiger partial charge >= 0.3 is 0 Å². The van der Waals surface area contributed by atoms with Gasteiger partial charge < -0.3 is 38.9 Å². The maximum atomic E-state index is 13.1. The summed E-state index contributed by atoms with van der Waals surface area (Å²) in [6, 6.07) is -2.34. The zero-order valence-electron chi connectivity index (χ0n) is 21.9. The van der Waals surface area contributed by atoms with Crippen LogP contribution in [0.25, 0.3) is 0 Å². The van der Waals surface area contributed by atoms with Crippen LogP contribution in [0.3, 0.4) is 0 Å². The molecule has 11 N–H and O–H groups in total. The molecule has 2 saturated carbocycles. The van der Waals surface area contributed by atoms with Gasteiger partial charge in [0.1, 0.15) is 12.1 Å². The van der Waals surface area contributed by atoms with Gasteiger partial charge in [-0.2, -0.15) is 0 Å². The van der Waals surface area contributed by atoms with E-state index < -0.39 is 35.8 Å². The highest BCUT2D eigenvalue weighted by Gasteiger charge is 2.33. The zero-order chi connectivity index (χ0) is 27.2. The van der Waals surface area contributed by atoms with E-state index in [9.17, 15) is 19.2 Å². The lowest BCUT2D eigenvalue weighted by Crippen LogP contribution is -2.56. The first-order chi connectivity index (χ1) is 17.7. The average molecular weight is 523 g/mol. The molecular formula is C25H46N8O4. The van der Waals surface area contributed by atoms with E-state index in [-0.39, 0.29) is 30.8 Å². The van der Waals surface area contributed by atoms with Crippen LogP contribution in [0.4, 0.5) is 0 Å². The average Bonchev–Trinajstić information content (AvgIpc) is 2.88. The molecule has 2 rings (SSSR count). The first-order valence-electron chi connectivity index (χ1n) is 13.6. The molecule has 210 valence electrons. The molecule has 37 heavy (non-hydrogen) atoms. The van der Waals surface area contributed by atoms with Crippen molar-refractivity contribution in [1.29, 1.82) is 0 Å².